The maximum Gasteiger partial charge on any atom is 0.231 e. The summed E-state index contributed by atoms with van der Waals surface area (Å²) in [7, 11) is 1.63. The van der Waals surface area contributed by atoms with Crippen LogP contribution in [0.5, 0.6) is 34.5 Å². The Labute approximate surface area is 256 Å². The predicted molar refractivity (Wildman–Crippen MR) is 164 cm³/mol. The molecular weight excluding hydrogens is 593 g/mol. The van der Waals surface area contributed by atoms with Crippen LogP contribution in [0.25, 0.3) is 10.9 Å². The van der Waals surface area contributed by atoms with Gasteiger partial charge in [-0.15, -0.1) is 37.2 Å². The SMILES string of the molecule is COc1cc2ncnc3c2cc1OCCCCCNCc1cc(Oc2ccc(C)nc2)c2c(c1N3)OCO2.Cl.Cl.Cl. The van der Waals surface area contributed by atoms with Crippen molar-refractivity contribution in [3.8, 4) is 34.5 Å². The van der Waals surface area contributed by atoms with E-state index in [-0.39, 0.29) is 44.0 Å². The highest BCUT2D eigenvalue weighted by Gasteiger charge is 2.28. The minimum atomic E-state index is 0. The van der Waals surface area contributed by atoms with Gasteiger partial charge < -0.3 is 34.3 Å². The molecule has 0 fully saturated rings. The first-order chi connectivity index (χ1) is 18.7. The van der Waals surface area contributed by atoms with Crippen LogP contribution in [0, 0.1) is 6.92 Å². The van der Waals surface area contributed by atoms with Crippen molar-refractivity contribution in [2.24, 2.45) is 0 Å². The number of halogens is 3. The molecule has 0 saturated carbocycles. The zero-order chi connectivity index (χ0) is 25.9. The minimum absolute atomic E-state index is 0. The first kappa shape index (κ1) is 32.1. The summed E-state index contributed by atoms with van der Waals surface area (Å²) in [4.78, 5) is 13.4. The molecule has 10 nitrogen and oxygen atoms in total. The number of nitrogens with zero attached hydrogens (tertiary/aromatic N) is 3. The van der Waals surface area contributed by atoms with Gasteiger partial charge in [0.1, 0.15) is 17.9 Å². The van der Waals surface area contributed by atoms with Gasteiger partial charge in [0.25, 0.3) is 0 Å². The van der Waals surface area contributed by atoms with Crippen LogP contribution in [0.3, 0.4) is 0 Å². The van der Waals surface area contributed by atoms with E-state index in [9.17, 15) is 0 Å². The Morgan fingerprint density at radius 1 is 0.878 bits per heavy atom. The molecule has 2 aromatic heterocycles. The van der Waals surface area contributed by atoms with E-state index in [2.05, 4.69) is 25.6 Å². The third-order valence-electron chi connectivity index (χ3n) is 6.54. The van der Waals surface area contributed by atoms with Crippen molar-refractivity contribution in [2.75, 3.05) is 32.4 Å². The fourth-order valence-electron chi connectivity index (χ4n) is 4.57. The molecule has 220 valence electrons. The highest BCUT2D eigenvalue weighted by molar-refractivity contribution is 5.94. The molecule has 2 aliphatic rings. The normalized spacial score (nSPS) is 14.0. The molecule has 41 heavy (non-hydrogen) atoms. The summed E-state index contributed by atoms with van der Waals surface area (Å²) in [5.41, 5.74) is 3.36. The molecule has 2 N–H and O–H groups in total. The van der Waals surface area contributed by atoms with Crippen LogP contribution in [0.15, 0.2) is 42.9 Å². The largest absolute Gasteiger partial charge is 0.493 e. The van der Waals surface area contributed by atoms with Gasteiger partial charge in [-0.05, 0) is 62.6 Å². The van der Waals surface area contributed by atoms with Crippen LogP contribution in [-0.2, 0) is 6.54 Å². The first-order valence-corrected chi connectivity index (χ1v) is 12.7. The number of pyridine rings is 1. The summed E-state index contributed by atoms with van der Waals surface area (Å²) in [6.45, 7) is 4.08. The Balaban J connectivity index is 0.00000154. The molecule has 0 unspecified atom stereocenters. The Morgan fingerprint density at radius 3 is 2.54 bits per heavy atom. The monoisotopic (exact) mass is 623 g/mol. The van der Waals surface area contributed by atoms with Crippen LogP contribution in [0.4, 0.5) is 11.5 Å². The number of methoxy groups -OCH3 is 1. The van der Waals surface area contributed by atoms with Crippen LogP contribution in [0.1, 0.15) is 30.5 Å². The summed E-state index contributed by atoms with van der Waals surface area (Å²) in [5.74, 6) is 4.20. The number of nitrogens with one attached hydrogen (secondary N) is 2. The average Bonchev–Trinajstić information content (AvgIpc) is 3.43. The number of hydrogen-bond donors (Lipinski definition) is 2. The lowest BCUT2D eigenvalue weighted by molar-refractivity contribution is 0.172. The molecule has 2 bridgehead atoms. The maximum absolute atomic E-state index is 6.21. The van der Waals surface area contributed by atoms with Gasteiger partial charge in [-0.2, -0.15) is 0 Å². The molecule has 0 aliphatic carbocycles. The summed E-state index contributed by atoms with van der Waals surface area (Å²) >= 11 is 0. The van der Waals surface area contributed by atoms with Gasteiger partial charge in [0, 0.05) is 23.7 Å². The van der Waals surface area contributed by atoms with E-state index in [1.807, 2.05) is 37.3 Å². The molecule has 0 amide bonds. The van der Waals surface area contributed by atoms with E-state index < -0.39 is 0 Å². The van der Waals surface area contributed by atoms with Gasteiger partial charge in [0.2, 0.25) is 12.5 Å². The molecule has 6 rings (SSSR count). The third kappa shape index (κ3) is 6.90. The second-order valence-corrected chi connectivity index (χ2v) is 9.16. The van der Waals surface area contributed by atoms with Crippen LogP contribution in [-0.4, -0.2) is 42.0 Å². The molecule has 4 heterocycles. The highest BCUT2D eigenvalue weighted by Crippen LogP contribution is 2.50. The van der Waals surface area contributed by atoms with Crippen LogP contribution >= 0.6 is 37.2 Å². The van der Waals surface area contributed by atoms with Crippen molar-refractivity contribution in [1.29, 1.82) is 0 Å². The van der Waals surface area contributed by atoms with Gasteiger partial charge in [-0.25, -0.2) is 9.97 Å². The van der Waals surface area contributed by atoms with E-state index in [0.29, 0.717) is 53.5 Å². The molecule has 0 saturated heterocycles. The number of anilines is 2. The average molecular weight is 625 g/mol. The molecule has 0 atom stereocenters. The van der Waals surface area contributed by atoms with Crippen molar-refractivity contribution in [3.05, 3.63) is 54.1 Å². The molecule has 0 radical (unpaired) electrons. The molecule has 0 spiro atoms. The number of rotatable bonds is 3. The van der Waals surface area contributed by atoms with Gasteiger partial charge in [-0.3, -0.25) is 4.98 Å². The lowest BCUT2D eigenvalue weighted by Crippen LogP contribution is -2.16. The van der Waals surface area contributed by atoms with E-state index in [0.717, 1.165) is 53.7 Å². The Hall–Kier alpha value is -3.44. The van der Waals surface area contributed by atoms with Crippen LogP contribution < -0.4 is 34.3 Å². The first-order valence-electron chi connectivity index (χ1n) is 12.7. The summed E-state index contributed by atoms with van der Waals surface area (Å²) in [5, 5.41) is 7.86. The second kappa shape index (κ2) is 14.5. The van der Waals surface area contributed by atoms with Crippen LogP contribution in [0.2, 0.25) is 0 Å². The lowest BCUT2D eigenvalue weighted by atomic mass is 10.1. The quantitative estimate of drug-likeness (QED) is 0.261. The predicted octanol–water partition coefficient (Wildman–Crippen LogP) is 6.52. The zero-order valence-electron chi connectivity index (χ0n) is 22.6. The topological polar surface area (TPSA) is 109 Å². The molecule has 4 aromatic rings. The number of ether oxygens (including phenoxy) is 5. The standard InChI is InChI=1S/C28H29N5O5.3ClH/c1-17-6-7-19(14-30-17)38-24-10-18-13-29-8-4-3-5-9-35-23-11-20-21(12-22(23)34-2)31-15-32-28(20)33-25(18)27-26(24)36-16-37-27;;;/h6-7,10-12,14-15,29H,3-5,8-9,13,16H2,1-2H3,(H,31,32,33);3*1H. The smallest absolute Gasteiger partial charge is 0.231 e. The molecular formula is C28H32Cl3N5O5. The Kier molecular flexibility index (Phi) is 11.3. The van der Waals surface area contributed by atoms with Crippen molar-refractivity contribution >= 4 is 59.6 Å². The lowest BCUT2D eigenvalue weighted by Gasteiger charge is -2.18. The van der Waals surface area contributed by atoms with Crippen molar-refractivity contribution in [2.45, 2.75) is 32.7 Å². The number of aromatic nitrogens is 3. The molecule has 2 aliphatic heterocycles. The second-order valence-electron chi connectivity index (χ2n) is 9.16. The number of fused-ring (bicyclic) bond motifs is 4. The fourth-order valence-corrected chi connectivity index (χ4v) is 4.57. The van der Waals surface area contributed by atoms with Gasteiger partial charge in [0.15, 0.2) is 23.0 Å². The summed E-state index contributed by atoms with van der Waals surface area (Å²) in [6.07, 6.45) is 6.23. The van der Waals surface area contributed by atoms with E-state index in [1.54, 1.807) is 13.3 Å². The Morgan fingerprint density at radius 2 is 1.73 bits per heavy atom. The maximum atomic E-state index is 6.21. The highest BCUT2D eigenvalue weighted by atomic mass is 35.5. The summed E-state index contributed by atoms with van der Waals surface area (Å²) < 4.78 is 29.7. The third-order valence-corrected chi connectivity index (χ3v) is 6.54. The van der Waals surface area contributed by atoms with Crippen molar-refractivity contribution in [1.82, 2.24) is 20.3 Å². The molecule has 2 aromatic carbocycles. The zero-order valence-corrected chi connectivity index (χ0v) is 25.0. The number of hydrogen-bond acceptors (Lipinski definition) is 10. The van der Waals surface area contributed by atoms with Gasteiger partial charge >= 0.3 is 0 Å². The summed E-state index contributed by atoms with van der Waals surface area (Å²) in [6, 6.07) is 9.56. The fraction of sp³-hybridized carbons (Fsp3) is 0.321. The minimum Gasteiger partial charge on any atom is -0.493 e. The van der Waals surface area contributed by atoms with Gasteiger partial charge in [0.05, 0.1) is 31.1 Å². The van der Waals surface area contributed by atoms with E-state index in [4.69, 9.17) is 23.7 Å². The Bertz CT molecular complexity index is 1480. The van der Waals surface area contributed by atoms with Crippen molar-refractivity contribution < 1.29 is 23.7 Å². The molecule has 13 heteroatoms. The van der Waals surface area contributed by atoms with Gasteiger partial charge in [-0.1, -0.05) is 0 Å². The number of benzene rings is 2. The van der Waals surface area contributed by atoms with E-state index in [1.165, 1.54) is 6.33 Å². The van der Waals surface area contributed by atoms with Crippen molar-refractivity contribution in [3.63, 3.8) is 0 Å². The van der Waals surface area contributed by atoms with E-state index >= 15 is 0 Å². The number of aryl methyl sites for hydroxylation is 1.